The van der Waals surface area contributed by atoms with Crippen LogP contribution in [0.25, 0.3) is 0 Å². The molecule has 0 aliphatic carbocycles. The van der Waals surface area contributed by atoms with Gasteiger partial charge in [-0.1, -0.05) is 0 Å². The summed E-state index contributed by atoms with van der Waals surface area (Å²) in [5.74, 6) is 0. The third-order valence-electron chi connectivity index (χ3n) is 4.16. The van der Waals surface area contributed by atoms with Crippen LogP contribution in [-0.2, 0) is 10.2 Å². The molecule has 2 rings (SSSR count). The third kappa shape index (κ3) is 3.46. The first-order chi connectivity index (χ1) is 9.05. The molecule has 1 atom stereocenters. The molecule has 2 heterocycles. The highest BCUT2D eigenvalue weighted by atomic mass is 32.2. The van der Waals surface area contributed by atoms with Crippen LogP contribution in [0.1, 0.15) is 25.7 Å². The number of hydrogen-bond donors (Lipinski definition) is 1. The highest BCUT2D eigenvalue weighted by molar-refractivity contribution is 7.86. The van der Waals surface area contributed by atoms with E-state index in [4.69, 9.17) is 5.73 Å². The summed E-state index contributed by atoms with van der Waals surface area (Å²) in [7, 11) is -1.66. The van der Waals surface area contributed by atoms with Gasteiger partial charge in [0, 0.05) is 32.7 Å². The minimum atomic E-state index is -3.31. The lowest BCUT2D eigenvalue weighted by molar-refractivity contribution is 0.254. The van der Waals surface area contributed by atoms with Crippen LogP contribution < -0.4 is 5.73 Å². The Bertz CT molecular complexity index is 387. The SMILES string of the molecule is CN(CCCN)S(=O)(=O)N1CCCN2CCCC2C1. The lowest BCUT2D eigenvalue weighted by atomic mass is 10.2. The van der Waals surface area contributed by atoms with Crippen molar-refractivity contribution in [3.8, 4) is 0 Å². The van der Waals surface area contributed by atoms with Crippen molar-refractivity contribution in [3.63, 3.8) is 0 Å². The van der Waals surface area contributed by atoms with Crippen molar-refractivity contribution in [1.29, 1.82) is 0 Å². The van der Waals surface area contributed by atoms with Gasteiger partial charge in [0.15, 0.2) is 0 Å². The fraction of sp³-hybridized carbons (Fsp3) is 1.00. The van der Waals surface area contributed by atoms with Crippen LogP contribution in [0.3, 0.4) is 0 Å². The Morgan fingerprint density at radius 2 is 2.00 bits per heavy atom. The number of fused-ring (bicyclic) bond motifs is 1. The van der Waals surface area contributed by atoms with Gasteiger partial charge in [0.1, 0.15) is 0 Å². The van der Waals surface area contributed by atoms with Crippen LogP contribution in [0.5, 0.6) is 0 Å². The Morgan fingerprint density at radius 3 is 2.74 bits per heavy atom. The molecule has 0 aromatic rings. The van der Waals surface area contributed by atoms with Gasteiger partial charge < -0.3 is 5.73 Å². The summed E-state index contributed by atoms with van der Waals surface area (Å²) in [6, 6.07) is 0.417. The summed E-state index contributed by atoms with van der Waals surface area (Å²) in [6.45, 7) is 4.47. The molecule has 2 aliphatic rings. The zero-order chi connectivity index (χ0) is 13.9. The van der Waals surface area contributed by atoms with Crippen LogP contribution >= 0.6 is 0 Å². The van der Waals surface area contributed by atoms with Gasteiger partial charge in [-0.3, -0.25) is 4.90 Å². The van der Waals surface area contributed by atoms with Crippen molar-refractivity contribution in [2.75, 3.05) is 46.3 Å². The van der Waals surface area contributed by atoms with Gasteiger partial charge in [-0.25, -0.2) is 0 Å². The zero-order valence-electron chi connectivity index (χ0n) is 11.8. The Kier molecular flexibility index (Phi) is 5.19. The quantitative estimate of drug-likeness (QED) is 0.753. The zero-order valence-corrected chi connectivity index (χ0v) is 12.6. The van der Waals surface area contributed by atoms with Crippen LogP contribution in [0.2, 0.25) is 0 Å². The molecule has 0 aromatic carbocycles. The first-order valence-electron chi connectivity index (χ1n) is 7.21. The van der Waals surface area contributed by atoms with E-state index in [1.165, 1.54) is 10.7 Å². The van der Waals surface area contributed by atoms with Gasteiger partial charge in [0.25, 0.3) is 10.2 Å². The van der Waals surface area contributed by atoms with Gasteiger partial charge in [0.05, 0.1) is 0 Å². The lowest BCUT2D eigenvalue weighted by Gasteiger charge is -2.28. The molecule has 2 aliphatic heterocycles. The molecule has 2 N–H and O–H groups in total. The summed E-state index contributed by atoms with van der Waals surface area (Å²) < 4.78 is 28.2. The maximum atomic E-state index is 12.5. The number of nitrogens with two attached hydrogens (primary N) is 1. The van der Waals surface area contributed by atoms with Crippen molar-refractivity contribution in [2.24, 2.45) is 5.73 Å². The van der Waals surface area contributed by atoms with Crippen molar-refractivity contribution in [1.82, 2.24) is 13.5 Å². The van der Waals surface area contributed by atoms with Gasteiger partial charge in [-0.15, -0.1) is 0 Å². The van der Waals surface area contributed by atoms with E-state index in [9.17, 15) is 8.42 Å². The summed E-state index contributed by atoms with van der Waals surface area (Å²) in [6.07, 6.45) is 3.96. The molecule has 1 unspecified atom stereocenters. The molecule has 0 radical (unpaired) electrons. The van der Waals surface area contributed by atoms with E-state index >= 15 is 0 Å². The predicted molar refractivity (Wildman–Crippen MR) is 76.0 cm³/mol. The first-order valence-corrected chi connectivity index (χ1v) is 8.61. The van der Waals surface area contributed by atoms with Gasteiger partial charge in [-0.05, 0) is 45.3 Å². The average Bonchev–Trinajstić information content (AvgIpc) is 2.72. The second-order valence-corrected chi connectivity index (χ2v) is 7.55. The van der Waals surface area contributed by atoms with Gasteiger partial charge >= 0.3 is 0 Å². The van der Waals surface area contributed by atoms with E-state index in [1.54, 1.807) is 11.4 Å². The minimum Gasteiger partial charge on any atom is -0.330 e. The normalized spacial score (nSPS) is 26.6. The standard InChI is InChI=1S/C12H26N4O2S/c1-14(7-3-6-13)19(17,18)16-10-4-9-15-8-2-5-12(15)11-16/h12H,2-11,13H2,1H3. The topological polar surface area (TPSA) is 69.9 Å². The van der Waals surface area contributed by atoms with E-state index in [0.717, 1.165) is 25.9 Å². The van der Waals surface area contributed by atoms with E-state index in [0.29, 0.717) is 38.6 Å². The lowest BCUT2D eigenvalue weighted by Crippen LogP contribution is -2.46. The molecule has 0 amide bonds. The minimum absolute atomic E-state index is 0.417. The summed E-state index contributed by atoms with van der Waals surface area (Å²) in [5.41, 5.74) is 5.45. The Balaban J connectivity index is 2.02. The molecular weight excluding hydrogens is 264 g/mol. The van der Waals surface area contributed by atoms with Crippen LogP contribution in [-0.4, -0.2) is 74.3 Å². The van der Waals surface area contributed by atoms with Crippen LogP contribution in [0.15, 0.2) is 0 Å². The van der Waals surface area contributed by atoms with E-state index in [1.807, 2.05) is 0 Å². The average molecular weight is 290 g/mol. The van der Waals surface area contributed by atoms with E-state index in [2.05, 4.69) is 4.90 Å². The van der Waals surface area contributed by atoms with Crippen molar-refractivity contribution in [2.45, 2.75) is 31.7 Å². The van der Waals surface area contributed by atoms with E-state index in [-0.39, 0.29) is 0 Å². The van der Waals surface area contributed by atoms with Crippen LogP contribution in [0, 0.1) is 0 Å². The van der Waals surface area contributed by atoms with Gasteiger partial charge in [-0.2, -0.15) is 17.0 Å². The molecule has 0 aromatic heterocycles. The molecule has 0 spiro atoms. The predicted octanol–water partition coefficient (Wildman–Crippen LogP) is -0.318. The molecule has 2 fully saturated rings. The summed E-state index contributed by atoms with van der Waals surface area (Å²) in [5, 5.41) is 0. The van der Waals surface area contributed by atoms with Gasteiger partial charge in [0.2, 0.25) is 0 Å². The molecule has 2 saturated heterocycles. The molecule has 0 bridgehead atoms. The largest absolute Gasteiger partial charge is 0.330 e. The molecule has 19 heavy (non-hydrogen) atoms. The van der Waals surface area contributed by atoms with Crippen LogP contribution in [0.4, 0.5) is 0 Å². The Labute approximate surface area is 116 Å². The summed E-state index contributed by atoms with van der Waals surface area (Å²) >= 11 is 0. The smallest absolute Gasteiger partial charge is 0.281 e. The van der Waals surface area contributed by atoms with Crippen molar-refractivity contribution in [3.05, 3.63) is 0 Å². The number of hydrogen-bond acceptors (Lipinski definition) is 4. The third-order valence-corrected chi connectivity index (χ3v) is 6.12. The maximum absolute atomic E-state index is 12.5. The number of nitrogens with zero attached hydrogens (tertiary/aromatic N) is 3. The van der Waals surface area contributed by atoms with Crippen molar-refractivity contribution < 1.29 is 8.42 Å². The Morgan fingerprint density at radius 1 is 1.26 bits per heavy atom. The fourth-order valence-electron chi connectivity index (χ4n) is 3.01. The second kappa shape index (κ2) is 6.49. The maximum Gasteiger partial charge on any atom is 0.281 e. The summed E-state index contributed by atoms with van der Waals surface area (Å²) in [4.78, 5) is 2.44. The molecule has 0 saturated carbocycles. The molecule has 112 valence electrons. The highest BCUT2D eigenvalue weighted by Gasteiger charge is 2.35. The molecular formula is C12H26N4O2S. The molecule has 6 nitrogen and oxygen atoms in total. The monoisotopic (exact) mass is 290 g/mol. The highest BCUT2D eigenvalue weighted by Crippen LogP contribution is 2.23. The fourth-order valence-corrected chi connectivity index (χ4v) is 4.48. The molecule has 7 heteroatoms. The Hall–Kier alpha value is -0.210. The first kappa shape index (κ1) is 15.2. The number of rotatable bonds is 5. The van der Waals surface area contributed by atoms with Crippen molar-refractivity contribution >= 4 is 10.2 Å². The van der Waals surface area contributed by atoms with E-state index < -0.39 is 10.2 Å². The second-order valence-electron chi connectivity index (χ2n) is 5.52.